The van der Waals surface area contributed by atoms with Gasteiger partial charge in [0.25, 0.3) is 0 Å². The fraction of sp³-hybridized carbons (Fsp3) is 0.462. The first-order valence-corrected chi connectivity index (χ1v) is 7.23. The highest BCUT2D eigenvalue weighted by Gasteiger charge is 2.21. The third kappa shape index (κ3) is 3.62. The molecule has 1 N–H and O–H groups in total. The highest BCUT2D eigenvalue weighted by atomic mass is 35.5. The Morgan fingerprint density at radius 1 is 1.56 bits per heavy atom. The second-order valence-corrected chi connectivity index (χ2v) is 6.49. The molecule has 0 bridgehead atoms. The molecule has 2 nitrogen and oxygen atoms in total. The van der Waals surface area contributed by atoms with Crippen LogP contribution < -0.4 is 5.32 Å². The first-order chi connectivity index (χ1) is 8.54. The van der Waals surface area contributed by atoms with Gasteiger partial charge in [-0.05, 0) is 30.5 Å². The monoisotopic (exact) mass is 286 g/mol. The molecule has 2 rings (SSSR count). The summed E-state index contributed by atoms with van der Waals surface area (Å²) in [6.45, 7) is 5.20. The van der Waals surface area contributed by atoms with E-state index in [1.807, 2.05) is 0 Å². The van der Waals surface area contributed by atoms with Crippen LogP contribution >= 0.6 is 23.4 Å². The number of nitrogens with zero attached hydrogens (tertiary/aromatic N) is 1. The van der Waals surface area contributed by atoms with Gasteiger partial charge in [0.15, 0.2) is 5.17 Å². The van der Waals surface area contributed by atoms with Crippen LogP contribution in [0.25, 0.3) is 0 Å². The zero-order valence-electron chi connectivity index (χ0n) is 10.4. The van der Waals surface area contributed by atoms with Crippen LogP contribution in [0.4, 0.5) is 10.1 Å². The van der Waals surface area contributed by atoms with Gasteiger partial charge in [-0.3, -0.25) is 4.99 Å². The maximum atomic E-state index is 13.6. The molecule has 1 atom stereocenters. The Morgan fingerprint density at radius 3 is 3.00 bits per heavy atom. The van der Waals surface area contributed by atoms with Gasteiger partial charge in [0.2, 0.25) is 0 Å². The van der Waals surface area contributed by atoms with Gasteiger partial charge in [-0.1, -0.05) is 37.2 Å². The number of anilines is 1. The third-order valence-corrected chi connectivity index (χ3v) is 3.99. The molecule has 0 radical (unpaired) electrons. The molecule has 0 amide bonds. The molecule has 1 heterocycles. The summed E-state index contributed by atoms with van der Waals surface area (Å²) in [5.74, 6) is 0.308. The van der Waals surface area contributed by atoms with Crippen LogP contribution in [0, 0.1) is 11.7 Å². The lowest BCUT2D eigenvalue weighted by molar-refractivity contribution is 0.575. The Balaban J connectivity index is 1.95. The van der Waals surface area contributed by atoms with E-state index in [0.29, 0.717) is 21.9 Å². The Morgan fingerprint density at radius 2 is 2.33 bits per heavy atom. The lowest BCUT2D eigenvalue weighted by Gasteiger charge is -2.11. The van der Waals surface area contributed by atoms with Crippen molar-refractivity contribution in [1.82, 2.24) is 0 Å². The summed E-state index contributed by atoms with van der Waals surface area (Å²) in [6, 6.07) is 4.60. The standard InChI is InChI=1S/C13H16ClFN2S/c1-8(2)5-10-7-16-13(18-10)17-12-4-3-9(14)6-11(12)15/h3-4,6,8,10H,5,7H2,1-2H3,(H,16,17). The van der Waals surface area contributed by atoms with Crippen molar-refractivity contribution in [2.45, 2.75) is 25.5 Å². The summed E-state index contributed by atoms with van der Waals surface area (Å²) in [6.07, 6.45) is 1.13. The summed E-state index contributed by atoms with van der Waals surface area (Å²) in [4.78, 5) is 4.40. The van der Waals surface area contributed by atoms with Gasteiger partial charge in [-0.25, -0.2) is 4.39 Å². The van der Waals surface area contributed by atoms with Gasteiger partial charge in [-0.15, -0.1) is 0 Å². The van der Waals surface area contributed by atoms with Crippen LogP contribution in [-0.2, 0) is 0 Å². The number of nitrogens with one attached hydrogen (secondary N) is 1. The Labute approximate surface area is 116 Å². The van der Waals surface area contributed by atoms with Crippen LogP contribution in [0.1, 0.15) is 20.3 Å². The van der Waals surface area contributed by atoms with Crippen LogP contribution in [-0.4, -0.2) is 17.0 Å². The maximum absolute atomic E-state index is 13.6. The van der Waals surface area contributed by atoms with Gasteiger partial charge in [-0.2, -0.15) is 0 Å². The number of benzene rings is 1. The molecule has 0 fully saturated rings. The predicted octanol–water partition coefficient (Wildman–Crippen LogP) is 4.41. The fourth-order valence-electron chi connectivity index (χ4n) is 1.84. The number of hydrogen-bond acceptors (Lipinski definition) is 3. The lowest BCUT2D eigenvalue weighted by atomic mass is 10.1. The molecule has 0 aliphatic carbocycles. The van der Waals surface area contributed by atoms with Crippen molar-refractivity contribution in [3.63, 3.8) is 0 Å². The highest BCUT2D eigenvalue weighted by molar-refractivity contribution is 8.15. The molecule has 98 valence electrons. The number of aliphatic imine (C=N–C) groups is 1. The lowest BCUT2D eigenvalue weighted by Crippen LogP contribution is -2.10. The van der Waals surface area contributed by atoms with Gasteiger partial charge >= 0.3 is 0 Å². The molecule has 1 aromatic rings. The zero-order valence-corrected chi connectivity index (χ0v) is 12.0. The normalized spacial score (nSPS) is 19.2. The number of rotatable bonds is 3. The molecule has 0 saturated heterocycles. The maximum Gasteiger partial charge on any atom is 0.161 e. The van der Waals surface area contributed by atoms with E-state index in [2.05, 4.69) is 24.2 Å². The SMILES string of the molecule is CC(C)CC1CN=C(Nc2ccc(Cl)cc2F)S1. The molecular weight excluding hydrogens is 271 g/mol. The summed E-state index contributed by atoms with van der Waals surface area (Å²) in [7, 11) is 0. The van der Waals surface area contributed by atoms with E-state index in [1.165, 1.54) is 6.07 Å². The van der Waals surface area contributed by atoms with E-state index >= 15 is 0 Å². The summed E-state index contributed by atoms with van der Waals surface area (Å²) in [5.41, 5.74) is 0.427. The topological polar surface area (TPSA) is 24.4 Å². The average molecular weight is 287 g/mol. The second-order valence-electron chi connectivity index (χ2n) is 4.76. The van der Waals surface area contributed by atoms with Crippen LogP contribution in [0.5, 0.6) is 0 Å². The molecule has 1 aromatic carbocycles. The van der Waals surface area contributed by atoms with Crippen LogP contribution in [0.2, 0.25) is 5.02 Å². The van der Waals surface area contributed by atoms with Crippen molar-refractivity contribution in [3.8, 4) is 0 Å². The minimum atomic E-state index is -0.349. The van der Waals surface area contributed by atoms with Gasteiger partial charge in [0, 0.05) is 10.3 Å². The molecule has 18 heavy (non-hydrogen) atoms. The molecule has 0 spiro atoms. The summed E-state index contributed by atoms with van der Waals surface area (Å²) < 4.78 is 13.6. The highest BCUT2D eigenvalue weighted by Crippen LogP contribution is 2.28. The number of thioether (sulfide) groups is 1. The van der Waals surface area contributed by atoms with E-state index in [0.717, 1.165) is 18.1 Å². The van der Waals surface area contributed by atoms with E-state index in [-0.39, 0.29) is 5.82 Å². The molecular formula is C13H16ClFN2S. The molecule has 1 aliphatic rings. The van der Waals surface area contributed by atoms with Gasteiger partial charge in [0.05, 0.1) is 12.2 Å². The molecule has 1 aliphatic heterocycles. The van der Waals surface area contributed by atoms with Crippen LogP contribution in [0.3, 0.4) is 0 Å². The van der Waals surface area contributed by atoms with Crippen molar-refractivity contribution >= 4 is 34.2 Å². The molecule has 1 unspecified atom stereocenters. The Kier molecular flexibility index (Phi) is 4.51. The third-order valence-electron chi connectivity index (χ3n) is 2.62. The van der Waals surface area contributed by atoms with E-state index in [4.69, 9.17) is 11.6 Å². The number of hydrogen-bond donors (Lipinski definition) is 1. The Hall–Kier alpha value is -0.740. The summed E-state index contributed by atoms with van der Waals surface area (Å²) >= 11 is 7.40. The fourth-order valence-corrected chi connectivity index (χ4v) is 3.26. The predicted molar refractivity (Wildman–Crippen MR) is 78.2 cm³/mol. The first-order valence-electron chi connectivity index (χ1n) is 5.98. The first kappa shape index (κ1) is 13.7. The van der Waals surface area contributed by atoms with Crippen molar-refractivity contribution in [2.75, 3.05) is 11.9 Å². The Bertz CT molecular complexity index is 462. The van der Waals surface area contributed by atoms with E-state index in [9.17, 15) is 4.39 Å². The van der Waals surface area contributed by atoms with Crippen molar-refractivity contribution < 1.29 is 4.39 Å². The minimum absolute atomic E-state index is 0.349. The number of amidine groups is 1. The van der Waals surface area contributed by atoms with Crippen molar-refractivity contribution in [3.05, 3.63) is 29.0 Å². The smallest absolute Gasteiger partial charge is 0.161 e. The second kappa shape index (κ2) is 5.93. The minimum Gasteiger partial charge on any atom is -0.333 e. The quantitative estimate of drug-likeness (QED) is 0.890. The van der Waals surface area contributed by atoms with Crippen molar-refractivity contribution in [1.29, 1.82) is 0 Å². The van der Waals surface area contributed by atoms with Crippen molar-refractivity contribution in [2.24, 2.45) is 10.9 Å². The van der Waals surface area contributed by atoms with Gasteiger partial charge < -0.3 is 5.32 Å². The van der Waals surface area contributed by atoms with Gasteiger partial charge in [0.1, 0.15) is 5.82 Å². The molecule has 0 aromatic heterocycles. The van der Waals surface area contributed by atoms with E-state index in [1.54, 1.807) is 23.9 Å². The zero-order chi connectivity index (χ0) is 13.1. The molecule has 0 saturated carbocycles. The van der Waals surface area contributed by atoms with Crippen LogP contribution in [0.15, 0.2) is 23.2 Å². The largest absolute Gasteiger partial charge is 0.333 e. The average Bonchev–Trinajstić information content (AvgIpc) is 2.69. The summed E-state index contributed by atoms with van der Waals surface area (Å²) in [5, 5.41) is 4.71. The van der Waals surface area contributed by atoms with E-state index < -0.39 is 0 Å². The number of halogens is 2. The molecule has 5 heteroatoms.